The summed E-state index contributed by atoms with van der Waals surface area (Å²) < 4.78 is 13.0. The van der Waals surface area contributed by atoms with Gasteiger partial charge < -0.3 is 10.2 Å². The van der Waals surface area contributed by atoms with E-state index in [0.717, 1.165) is 13.0 Å². The molecule has 1 rings (SSSR count). The van der Waals surface area contributed by atoms with E-state index in [0.29, 0.717) is 5.92 Å². The first kappa shape index (κ1) is 15.6. The van der Waals surface area contributed by atoms with E-state index in [1.54, 1.807) is 0 Å². The van der Waals surface area contributed by atoms with E-state index in [1.807, 2.05) is 19.0 Å². The predicted octanol–water partition coefficient (Wildman–Crippen LogP) is 1.93. The van der Waals surface area contributed by atoms with E-state index in [4.69, 9.17) is 0 Å². The van der Waals surface area contributed by atoms with E-state index in [1.165, 1.54) is 18.2 Å². The van der Waals surface area contributed by atoms with Crippen LogP contribution in [0.15, 0.2) is 18.2 Å². The van der Waals surface area contributed by atoms with Crippen LogP contribution < -0.4 is 5.32 Å². The smallest absolute Gasteiger partial charge is 0.270 e. The lowest BCUT2D eigenvalue weighted by molar-refractivity contribution is 0.0918. The lowest BCUT2D eigenvalue weighted by Crippen LogP contribution is -2.42. The van der Waals surface area contributed by atoms with Gasteiger partial charge in [-0.15, -0.1) is 0 Å². The summed E-state index contributed by atoms with van der Waals surface area (Å²) in [6, 6.07) is 4.26. The number of carbonyl (C=O) groups excluding carboxylic acids is 1. The minimum absolute atomic E-state index is 0.0348. The molecule has 106 valence electrons. The van der Waals surface area contributed by atoms with Gasteiger partial charge in [0.2, 0.25) is 5.95 Å². The number of nitrogens with one attached hydrogen (secondary N) is 1. The standard InChI is InChI=1S/C14H22FN3O/c1-10(2)8-11(9-18(3)4)16-14(19)12-6-5-7-13(15)17-12/h5-7,10-11H,8-9H2,1-4H3,(H,16,19). The molecule has 1 heterocycles. The molecule has 0 aliphatic rings. The zero-order valence-electron chi connectivity index (χ0n) is 12.0. The number of halogens is 1. The van der Waals surface area contributed by atoms with Gasteiger partial charge in [0, 0.05) is 12.6 Å². The molecule has 1 aromatic rings. The summed E-state index contributed by atoms with van der Waals surface area (Å²) >= 11 is 0. The molecule has 0 saturated carbocycles. The van der Waals surface area contributed by atoms with Crippen molar-refractivity contribution in [1.82, 2.24) is 15.2 Å². The van der Waals surface area contributed by atoms with Crippen LogP contribution in [-0.4, -0.2) is 42.5 Å². The third kappa shape index (κ3) is 5.79. The van der Waals surface area contributed by atoms with E-state index in [-0.39, 0.29) is 17.6 Å². The molecule has 0 bridgehead atoms. The number of pyridine rings is 1. The van der Waals surface area contributed by atoms with Crippen molar-refractivity contribution in [1.29, 1.82) is 0 Å². The largest absolute Gasteiger partial charge is 0.347 e. The van der Waals surface area contributed by atoms with Crippen LogP contribution in [0.4, 0.5) is 4.39 Å². The van der Waals surface area contributed by atoms with Gasteiger partial charge in [0.25, 0.3) is 5.91 Å². The number of amides is 1. The monoisotopic (exact) mass is 267 g/mol. The molecule has 0 saturated heterocycles. The Hall–Kier alpha value is -1.49. The molecule has 0 radical (unpaired) electrons. The second kappa shape index (κ2) is 7.19. The molecule has 4 nitrogen and oxygen atoms in total. The number of nitrogens with zero attached hydrogens (tertiary/aromatic N) is 2. The molecule has 1 aromatic heterocycles. The fourth-order valence-electron chi connectivity index (χ4n) is 1.98. The second-order valence-corrected chi connectivity index (χ2v) is 5.41. The summed E-state index contributed by atoms with van der Waals surface area (Å²) in [5, 5.41) is 2.91. The van der Waals surface area contributed by atoms with E-state index in [2.05, 4.69) is 24.1 Å². The van der Waals surface area contributed by atoms with Crippen molar-refractivity contribution in [2.24, 2.45) is 5.92 Å². The van der Waals surface area contributed by atoms with Crippen LogP contribution in [0.5, 0.6) is 0 Å². The highest BCUT2D eigenvalue weighted by molar-refractivity contribution is 5.92. The van der Waals surface area contributed by atoms with E-state index < -0.39 is 5.95 Å². The van der Waals surface area contributed by atoms with E-state index >= 15 is 0 Å². The normalized spacial score (nSPS) is 12.8. The van der Waals surface area contributed by atoms with Gasteiger partial charge in [0.05, 0.1) is 0 Å². The van der Waals surface area contributed by atoms with Crippen LogP contribution in [0.2, 0.25) is 0 Å². The molecular formula is C14H22FN3O. The summed E-state index contributed by atoms with van der Waals surface area (Å²) in [5.74, 6) is -0.488. The van der Waals surface area contributed by atoms with Crippen LogP contribution in [0.1, 0.15) is 30.8 Å². The van der Waals surface area contributed by atoms with Gasteiger partial charge in [-0.1, -0.05) is 19.9 Å². The molecule has 0 spiro atoms. The topological polar surface area (TPSA) is 45.2 Å². The molecule has 19 heavy (non-hydrogen) atoms. The molecular weight excluding hydrogens is 245 g/mol. The third-order valence-corrected chi connectivity index (χ3v) is 2.62. The Morgan fingerprint density at radius 2 is 2.11 bits per heavy atom. The zero-order valence-corrected chi connectivity index (χ0v) is 12.0. The average Bonchev–Trinajstić information content (AvgIpc) is 2.26. The first-order valence-corrected chi connectivity index (χ1v) is 6.46. The Bertz CT molecular complexity index is 411. The Morgan fingerprint density at radius 1 is 1.42 bits per heavy atom. The Labute approximate surface area is 114 Å². The molecule has 1 amide bonds. The van der Waals surface area contributed by atoms with Gasteiger partial charge in [-0.3, -0.25) is 4.79 Å². The highest BCUT2D eigenvalue weighted by Gasteiger charge is 2.17. The minimum Gasteiger partial charge on any atom is -0.347 e. The lowest BCUT2D eigenvalue weighted by atomic mass is 10.0. The first-order valence-electron chi connectivity index (χ1n) is 6.46. The van der Waals surface area contributed by atoms with Crippen LogP contribution in [0.25, 0.3) is 0 Å². The van der Waals surface area contributed by atoms with Gasteiger partial charge in [0.1, 0.15) is 5.69 Å². The van der Waals surface area contributed by atoms with Gasteiger partial charge in [-0.2, -0.15) is 4.39 Å². The SMILES string of the molecule is CC(C)CC(CN(C)C)NC(=O)c1cccc(F)n1. The van der Waals surface area contributed by atoms with Gasteiger partial charge in [-0.05, 0) is 38.6 Å². The minimum atomic E-state index is -0.638. The summed E-state index contributed by atoms with van der Waals surface area (Å²) in [7, 11) is 3.92. The van der Waals surface area contributed by atoms with Crippen molar-refractivity contribution < 1.29 is 9.18 Å². The summed E-state index contributed by atoms with van der Waals surface area (Å²) in [6.45, 7) is 4.96. The van der Waals surface area contributed by atoms with Gasteiger partial charge in [-0.25, -0.2) is 4.98 Å². The maximum atomic E-state index is 13.0. The van der Waals surface area contributed by atoms with Crippen molar-refractivity contribution in [2.75, 3.05) is 20.6 Å². The molecule has 0 fully saturated rings. The molecule has 1 N–H and O–H groups in total. The van der Waals surface area contributed by atoms with Gasteiger partial charge >= 0.3 is 0 Å². The summed E-state index contributed by atoms with van der Waals surface area (Å²) in [6.07, 6.45) is 0.874. The van der Waals surface area contributed by atoms with Crippen LogP contribution >= 0.6 is 0 Å². The molecule has 1 unspecified atom stereocenters. The van der Waals surface area contributed by atoms with E-state index in [9.17, 15) is 9.18 Å². The first-order chi connectivity index (χ1) is 8.88. The molecule has 0 aliphatic carbocycles. The highest BCUT2D eigenvalue weighted by atomic mass is 19.1. The lowest BCUT2D eigenvalue weighted by Gasteiger charge is -2.23. The summed E-state index contributed by atoms with van der Waals surface area (Å²) in [4.78, 5) is 17.6. The van der Waals surface area contributed by atoms with Crippen molar-refractivity contribution >= 4 is 5.91 Å². The average molecular weight is 267 g/mol. The maximum absolute atomic E-state index is 13.0. The fraction of sp³-hybridized carbons (Fsp3) is 0.571. The Kier molecular flexibility index (Phi) is 5.89. The van der Waals surface area contributed by atoms with Crippen molar-refractivity contribution in [3.63, 3.8) is 0 Å². The maximum Gasteiger partial charge on any atom is 0.270 e. The Morgan fingerprint density at radius 3 is 2.63 bits per heavy atom. The quantitative estimate of drug-likeness (QED) is 0.801. The van der Waals surface area contributed by atoms with Crippen molar-refractivity contribution in [2.45, 2.75) is 26.3 Å². The molecule has 0 aromatic carbocycles. The number of hydrogen-bond donors (Lipinski definition) is 1. The van der Waals surface area contributed by atoms with Crippen molar-refractivity contribution in [3.8, 4) is 0 Å². The number of likely N-dealkylation sites (N-methyl/N-ethyl adjacent to an activating group) is 1. The number of rotatable bonds is 6. The molecule has 0 aliphatic heterocycles. The zero-order chi connectivity index (χ0) is 14.4. The number of aromatic nitrogens is 1. The molecule has 1 atom stereocenters. The van der Waals surface area contributed by atoms with Crippen LogP contribution in [-0.2, 0) is 0 Å². The van der Waals surface area contributed by atoms with Crippen LogP contribution in [0.3, 0.4) is 0 Å². The van der Waals surface area contributed by atoms with Crippen molar-refractivity contribution in [3.05, 3.63) is 29.8 Å². The number of hydrogen-bond acceptors (Lipinski definition) is 3. The predicted molar refractivity (Wildman–Crippen MR) is 73.5 cm³/mol. The van der Waals surface area contributed by atoms with Gasteiger partial charge in [0.15, 0.2) is 0 Å². The third-order valence-electron chi connectivity index (χ3n) is 2.62. The molecule has 5 heteroatoms. The Balaban J connectivity index is 2.69. The highest BCUT2D eigenvalue weighted by Crippen LogP contribution is 2.07. The fourth-order valence-corrected chi connectivity index (χ4v) is 1.98. The second-order valence-electron chi connectivity index (χ2n) is 5.41. The number of carbonyl (C=O) groups is 1. The van der Waals surface area contributed by atoms with Crippen LogP contribution in [0, 0.1) is 11.9 Å². The summed E-state index contributed by atoms with van der Waals surface area (Å²) in [5.41, 5.74) is 0.118.